The van der Waals surface area contributed by atoms with Crippen molar-refractivity contribution in [3.63, 3.8) is 0 Å². The molecule has 1 N–H and O–H groups in total. The summed E-state index contributed by atoms with van der Waals surface area (Å²) in [6.07, 6.45) is 0.606. The molecule has 1 unspecified atom stereocenters. The summed E-state index contributed by atoms with van der Waals surface area (Å²) >= 11 is 6.67. The fourth-order valence-electron chi connectivity index (χ4n) is 2.04. The summed E-state index contributed by atoms with van der Waals surface area (Å²) in [5.74, 6) is -0.293. The van der Waals surface area contributed by atoms with Crippen LogP contribution in [-0.2, 0) is 6.42 Å². The molecule has 100 valence electrons. The average Bonchev–Trinajstić information content (AvgIpc) is 2.36. The largest absolute Gasteiger partial charge is 0.396 e. The zero-order valence-corrected chi connectivity index (χ0v) is 13.3. The van der Waals surface area contributed by atoms with Crippen molar-refractivity contribution < 1.29 is 9.50 Å². The number of benzene rings is 2. The second kappa shape index (κ2) is 6.64. The molecule has 1 atom stereocenters. The lowest BCUT2D eigenvalue weighted by molar-refractivity contribution is 0.264. The van der Waals surface area contributed by atoms with E-state index in [1.54, 1.807) is 0 Å². The molecule has 0 saturated heterocycles. The minimum atomic E-state index is -0.267. The Morgan fingerprint density at radius 1 is 1.00 bits per heavy atom. The van der Waals surface area contributed by atoms with Gasteiger partial charge < -0.3 is 5.11 Å². The lowest BCUT2D eigenvalue weighted by atomic mass is 9.93. The van der Waals surface area contributed by atoms with E-state index in [0.717, 1.165) is 20.1 Å². The van der Waals surface area contributed by atoms with Gasteiger partial charge in [-0.05, 0) is 47.9 Å². The average molecular weight is 388 g/mol. The van der Waals surface area contributed by atoms with Gasteiger partial charge in [-0.25, -0.2) is 4.39 Å². The van der Waals surface area contributed by atoms with Crippen molar-refractivity contribution >= 4 is 31.9 Å². The fraction of sp³-hybridized carbons (Fsp3) is 0.200. The molecule has 0 fully saturated rings. The van der Waals surface area contributed by atoms with E-state index in [2.05, 4.69) is 31.9 Å². The van der Waals surface area contributed by atoms with Crippen LogP contribution in [-0.4, -0.2) is 11.7 Å². The molecule has 4 heteroatoms. The van der Waals surface area contributed by atoms with Gasteiger partial charge in [0.15, 0.2) is 0 Å². The zero-order chi connectivity index (χ0) is 13.8. The molecule has 0 aliphatic carbocycles. The second-order valence-electron chi connectivity index (χ2n) is 4.41. The molecule has 0 aliphatic rings. The summed E-state index contributed by atoms with van der Waals surface area (Å²) in [5, 5.41) is 9.53. The highest BCUT2D eigenvalue weighted by molar-refractivity contribution is 9.10. The third kappa shape index (κ3) is 4.13. The Kier molecular flexibility index (Phi) is 5.13. The first kappa shape index (κ1) is 14.7. The van der Waals surface area contributed by atoms with Crippen molar-refractivity contribution in [2.75, 3.05) is 6.61 Å². The summed E-state index contributed by atoms with van der Waals surface area (Å²) in [5.41, 5.74) is 1.92. The number of halogens is 3. The first-order chi connectivity index (χ1) is 9.08. The third-order valence-electron chi connectivity index (χ3n) is 2.97. The van der Waals surface area contributed by atoms with E-state index < -0.39 is 0 Å². The van der Waals surface area contributed by atoms with E-state index in [4.69, 9.17) is 0 Å². The van der Waals surface area contributed by atoms with E-state index in [9.17, 15) is 9.50 Å². The Morgan fingerprint density at radius 3 is 2.26 bits per heavy atom. The number of rotatable bonds is 4. The number of hydrogen-bond donors (Lipinski definition) is 1. The number of aliphatic hydroxyl groups excluding tert-OH is 1. The molecule has 0 spiro atoms. The maximum absolute atomic E-state index is 13.3. The molecule has 19 heavy (non-hydrogen) atoms. The smallest absolute Gasteiger partial charge is 0.124 e. The van der Waals surface area contributed by atoms with Gasteiger partial charge in [0, 0.05) is 14.9 Å². The van der Waals surface area contributed by atoms with Gasteiger partial charge in [0.05, 0.1) is 6.61 Å². The van der Waals surface area contributed by atoms with E-state index in [0.29, 0.717) is 6.42 Å². The summed E-state index contributed by atoms with van der Waals surface area (Å²) in [6.45, 7) is 0.0375. The van der Waals surface area contributed by atoms with Crippen LogP contribution in [0.5, 0.6) is 0 Å². The molecule has 0 heterocycles. The molecular formula is C15H13Br2FO. The lowest BCUT2D eigenvalue weighted by Crippen LogP contribution is -2.08. The third-order valence-corrected chi connectivity index (χ3v) is 3.95. The van der Waals surface area contributed by atoms with Crippen LogP contribution in [0.4, 0.5) is 4.39 Å². The molecule has 0 saturated carbocycles. The van der Waals surface area contributed by atoms with Crippen molar-refractivity contribution in [2.24, 2.45) is 0 Å². The van der Waals surface area contributed by atoms with Crippen molar-refractivity contribution in [3.05, 3.63) is 68.4 Å². The highest BCUT2D eigenvalue weighted by Crippen LogP contribution is 2.24. The summed E-state index contributed by atoms with van der Waals surface area (Å²) < 4.78 is 15.1. The summed E-state index contributed by atoms with van der Waals surface area (Å²) in [6, 6.07) is 12.6. The van der Waals surface area contributed by atoms with Crippen LogP contribution < -0.4 is 0 Å². The maximum atomic E-state index is 13.3. The van der Waals surface area contributed by atoms with Crippen molar-refractivity contribution in [1.29, 1.82) is 0 Å². The van der Waals surface area contributed by atoms with E-state index in [-0.39, 0.29) is 18.3 Å². The minimum Gasteiger partial charge on any atom is -0.396 e. The second-order valence-corrected chi connectivity index (χ2v) is 6.24. The normalized spacial score (nSPS) is 12.4. The van der Waals surface area contributed by atoms with Crippen molar-refractivity contribution in [1.82, 2.24) is 0 Å². The van der Waals surface area contributed by atoms with Crippen LogP contribution in [0.25, 0.3) is 0 Å². The Morgan fingerprint density at radius 2 is 1.68 bits per heavy atom. The number of hydrogen-bond acceptors (Lipinski definition) is 1. The SMILES string of the molecule is OCC(Cc1cc(F)cc(Br)c1)c1ccc(Br)cc1. The molecule has 0 bridgehead atoms. The molecule has 0 aliphatic heterocycles. The molecule has 0 radical (unpaired) electrons. The fourth-order valence-corrected chi connectivity index (χ4v) is 2.81. The molecule has 2 aromatic carbocycles. The Bertz CT molecular complexity index is 534. The maximum Gasteiger partial charge on any atom is 0.124 e. The van der Waals surface area contributed by atoms with E-state index in [1.165, 1.54) is 12.1 Å². The highest BCUT2D eigenvalue weighted by Gasteiger charge is 2.12. The van der Waals surface area contributed by atoms with Gasteiger partial charge in [0.25, 0.3) is 0 Å². The zero-order valence-electron chi connectivity index (χ0n) is 10.1. The van der Waals surface area contributed by atoms with Crippen molar-refractivity contribution in [2.45, 2.75) is 12.3 Å². The predicted octanol–water partition coefficient (Wildman–Crippen LogP) is 4.67. The van der Waals surface area contributed by atoms with Gasteiger partial charge in [-0.15, -0.1) is 0 Å². The van der Waals surface area contributed by atoms with Crippen LogP contribution >= 0.6 is 31.9 Å². The first-order valence-corrected chi connectivity index (χ1v) is 7.48. The van der Waals surface area contributed by atoms with Crippen LogP contribution in [0.1, 0.15) is 17.0 Å². The van der Waals surface area contributed by atoms with Crippen LogP contribution in [0.15, 0.2) is 51.4 Å². The Labute approximate surface area is 128 Å². The summed E-state index contributed by atoms with van der Waals surface area (Å²) in [4.78, 5) is 0. The van der Waals surface area contributed by atoms with E-state index in [1.807, 2.05) is 30.3 Å². The predicted molar refractivity (Wildman–Crippen MR) is 81.8 cm³/mol. The standard InChI is InChI=1S/C15H13Br2FO/c16-13-3-1-11(2-4-13)12(9-19)5-10-6-14(17)8-15(18)7-10/h1-4,6-8,12,19H,5,9H2. The van der Waals surface area contributed by atoms with Gasteiger partial charge in [-0.1, -0.05) is 44.0 Å². The van der Waals surface area contributed by atoms with Crippen LogP contribution in [0, 0.1) is 5.82 Å². The van der Waals surface area contributed by atoms with Gasteiger partial charge in [-0.2, -0.15) is 0 Å². The monoisotopic (exact) mass is 386 g/mol. The van der Waals surface area contributed by atoms with Gasteiger partial charge in [0.2, 0.25) is 0 Å². The Balaban J connectivity index is 2.21. The molecular weight excluding hydrogens is 375 g/mol. The van der Waals surface area contributed by atoms with Gasteiger partial charge in [-0.3, -0.25) is 0 Å². The minimum absolute atomic E-state index is 0.0261. The summed E-state index contributed by atoms with van der Waals surface area (Å²) in [7, 11) is 0. The topological polar surface area (TPSA) is 20.2 Å². The van der Waals surface area contributed by atoms with Crippen LogP contribution in [0.3, 0.4) is 0 Å². The lowest BCUT2D eigenvalue weighted by Gasteiger charge is -2.15. The Hall–Kier alpha value is -0.710. The molecule has 1 nitrogen and oxygen atoms in total. The first-order valence-electron chi connectivity index (χ1n) is 5.90. The van der Waals surface area contributed by atoms with Gasteiger partial charge in [0.1, 0.15) is 5.82 Å². The molecule has 2 aromatic rings. The van der Waals surface area contributed by atoms with Crippen molar-refractivity contribution in [3.8, 4) is 0 Å². The molecule has 0 aromatic heterocycles. The highest BCUT2D eigenvalue weighted by atomic mass is 79.9. The molecule has 2 rings (SSSR count). The number of aliphatic hydroxyl groups is 1. The quantitative estimate of drug-likeness (QED) is 0.808. The van der Waals surface area contributed by atoms with E-state index >= 15 is 0 Å². The van der Waals surface area contributed by atoms with Crippen LogP contribution in [0.2, 0.25) is 0 Å². The molecule has 0 amide bonds. The van der Waals surface area contributed by atoms with Gasteiger partial charge >= 0.3 is 0 Å².